The van der Waals surface area contributed by atoms with Gasteiger partial charge in [0.25, 0.3) is 0 Å². The largest absolute Gasteiger partial charge is 0.385 e. The summed E-state index contributed by atoms with van der Waals surface area (Å²) in [6.07, 6.45) is 3.58. The molecule has 0 aliphatic carbocycles. The monoisotopic (exact) mass is 248 g/mol. The molecule has 2 atom stereocenters. The van der Waals surface area contributed by atoms with Gasteiger partial charge in [0.15, 0.2) is 0 Å². The molecule has 4 nitrogen and oxygen atoms in total. The van der Waals surface area contributed by atoms with Crippen LogP contribution in [0.4, 0.5) is 0 Å². The maximum atomic E-state index is 12.0. The van der Waals surface area contributed by atoms with Gasteiger partial charge in [0.1, 0.15) is 0 Å². The number of likely N-dealkylation sites (N-methyl/N-ethyl adjacent to an activating group) is 1. The lowest BCUT2D eigenvalue weighted by Gasteiger charge is -2.29. The number of hydrogen-bond acceptors (Lipinski definition) is 4. The van der Waals surface area contributed by atoms with Gasteiger partial charge in [-0.05, 0) is 19.1 Å². The Balaban J connectivity index is 4.22. The van der Waals surface area contributed by atoms with Gasteiger partial charge in [0.2, 0.25) is 5.91 Å². The topological polar surface area (TPSA) is 55.6 Å². The second-order valence-corrected chi connectivity index (χ2v) is 4.77. The second kappa shape index (κ2) is 8.84. The van der Waals surface area contributed by atoms with Gasteiger partial charge in [-0.25, -0.2) is 0 Å². The Kier molecular flexibility index (Phi) is 8.70. The molecule has 96 valence electrons. The summed E-state index contributed by atoms with van der Waals surface area (Å²) in [4.78, 5) is 13.7. The molecule has 2 N–H and O–H groups in total. The van der Waals surface area contributed by atoms with Crippen LogP contribution < -0.4 is 5.73 Å². The lowest BCUT2D eigenvalue weighted by molar-refractivity contribution is -0.133. The molecule has 0 aliphatic rings. The quantitative estimate of drug-likeness (QED) is 0.695. The highest BCUT2D eigenvalue weighted by molar-refractivity contribution is 7.98. The summed E-state index contributed by atoms with van der Waals surface area (Å²) in [7, 11) is 3.45. The summed E-state index contributed by atoms with van der Waals surface area (Å²) in [5.41, 5.74) is 5.81. The van der Waals surface area contributed by atoms with Crippen LogP contribution >= 0.6 is 11.8 Å². The normalized spacial score (nSPS) is 14.6. The average molecular weight is 248 g/mol. The van der Waals surface area contributed by atoms with E-state index in [9.17, 15) is 4.79 Å². The van der Waals surface area contributed by atoms with Gasteiger partial charge in [-0.1, -0.05) is 6.92 Å². The first kappa shape index (κ1) is 15.7. The van der Waals surface area contributed by atoms with E-state index in [1.807, 2.05) is 13.3 Å². The summed E-state index contributed by atoms with van der Waals surface area (Å²) < 4.78 is 4.92. The highest BCUT2D eigenvalue weighted by Gasteiger charge is 2.22. The van der Waals surface area contributed by atoms with Crippen LogP contribution in [-0.4, -0.2) is 55.7 Å². The number of nitrogens with two attached hydrogens (primary N) is 1. The van der Waals surface area contributed by atoms with E-state index >= 15 is 0 Å². The Bertz CT molecular complexity index is 202. The molecule has 0 aliphatic heterocycles. The molecule has 0 heterocycles. The summed E-state index contributed by atoms with van der Waals surface area (Å²) in [6, 6.07) is -0.169. The van der Waals surface area contributed by atoms with Crippen molar-refractivity contribution in [3.05, 3.63) is 0 Å². The van der Waals surface area contributed by atoms with E-state index in [0.29, 0.717) is 13.0 Å². The fourth-order valence-electron chi connectivity index (χ4n) is 1.51. The number of methoxy groups -OCH3 is 1. The predicted molar refractivity (Wildman–Crippen MR) is 69.7 cm³/mol. The van der Waals surface area contributed by atoms with Crippen LogP contribution in [0.3, 0.4) is 0 Å². The van der Waals surface area contributed by atoms with Crippen molar-refractivity contribution in [3.63, 3.8) is 0 Å². The number of amides is 1. The van der Waals surface area contributed by atoms with E-state index in [1.54, 1.807) is 23.8 Å². The first-order chi connectivity index (χ1) is 7.58. The van der Waals surface area contributed by atoms with E-state index in [2.05, 4.69) is 6.92 Å². The zero-order valence-corrected chi connectivity index (χ0v) is 11.5. The predicted octanol–water partition coefficient (Wildman–Crippen LogP) is 0.950. The first-order valence-electron chi connectivity index (χ1n) is 5.58. The van der Waals surface area contributed by atoms with E-state index in [-0.39, 0.29) is 11.9 Å². The number of rotatable bonds is 8. The molecule has 0 aromatic rings. The van der Waals surface area contributed by atoms with Crippen molar-refractivity contribution in [2.24, 2.45) is 5.73 Å². The fourth-order valence-corrected chi connectivity index (χ4v) is 2.35. The summed E-state index contributed by atoms with van der Waals surface area (Å²) in [5.74, 6) is 0.966. The SMILES string of the molecule is CCC(CSC)N(C)C(=O)C(N)CCOC. The molecule has 0 bridgehead atoms. The van der Waals surface area contributed by atoms with E-state index in [1.165, 1.54) is 0 Å². The van der Waals surface area contributed by atoms with Crippen molar-refractivity contribution in [1.29, 1.82) is 0 Å². The van der Waals surface area contributed by atoms with Crippen LogP contribution in [0.15, 0.2) is 0 Å². The van der Waals surface area contributed by atoms with Gasteiger partial charge in [-0.2, -0.15) is 11.8 Å². The third-order valence-electron chi connectivity index (χ3n) is 2.68. The third-order valence-corrected chi connectivity index (χ3v) is 3.39. The van der Waals surface area contributed by atoms with Crippen LogP contribution in [-0.2, 0) is 9.53 Å². The van der Waals surface area contributed by atoms with Crippen molar-refractivity contribution in [1.82, 2.24) is 4.90 Å². The number of hydrogen-bond donors (Lipinski definition) is 1. The van der Waals surface area contributed by atoms with Crippen molar-refractivity contribution in [2.45, 2.75) is 31.8 Å². The lowest BCUT2D eigenvalue weighted by Crippen LogP contribution is -2.47. The molecule has 5 heteroatoms. The molecule has 0 spiro atoms. The molecule has 0 saturated heterocycles. The van der Waals surface area contributed by atoms with Crippen molar-refractivity contribution < 1.29 is 9.53 Å². The van der Waals surface area contributed by atoms with E-state index < -0.39 is 6.04 Å². The maximum Gasteiger partial charge on any atom is 0.239 e. The van der Waals surface area contributed by atoms with Gasteiger partial charge < -0.3 is 15.4 Å². The summed E-state index contributed by atoms with van der Waals surface area (Å²) in [6.45, 7) is 2.62. The van der Waals surface area contributed by atoms with Gasteiger partial charge >= 0.3 is 0 Å². The Hall–Kier alpha value is -0.260. The summed E-state index contributed by atoms with van der Waals surface area (Å²) in [5, 5.41) is 0. The van der Waals surface area contributed by atoms with Crippen LogP contribution in [0, 0.1) is 0 Å². The number of thioether (sulfide) groups is 1. The smallest absolute Gasteiger partial charge is 0.239 e. The van der Waals surface area contributed by atoms with Crippen LogP contribution in [0.25, 0.3) is 0 Å². The zero-order valence-electron chi connectivity index (χ0n) is 10.7. The molecular weight excluding hydrogens is 224 g/mol. The van der Waals surface area contributed by atoms with Gasteiger partial charge in [-0.15, -0.1) is 0 Å². The van der Waals surface area contributed by atoms with Crippen LogP contribution in [0.2, 0.25) is 0 Å². The molecular formula is C11H24N2O2S. The molecule has 2 unspecified atom stereocenters. The van der Waals surface area contributed by atoms with Gasteiger partial charge in [0.05, 0.1) is 6.04 Å². The van der Waals surface area contributed by atoms with Crippen molar-refractivity contribution in [3.8, 4) is 0 Å². The average Bonchev–Trinajstić information content (AvgIpc) is 2.31. The minimum Gasteiger partial charge on any atom is -0.385 e. The molecule has 0 aromatic heterocycles. The standard InChI is InChI=1S/C11H24N2O2S/c1-5-9(8-16-4)13(2)11(14)10(12)6-7-15-3/h9-10H,5-8,12H2,1-4H3. The molecule has 0 rings (SSSR count). The number of carbonyl (C=O) groups is 1. The second-order valence-electron chi connectivity index (χ2n) is 3.85. The minimum atomic E-state index is -0.444. The number of ether oxygens (including phenoxy) is 1. The van der Waals surface area contributed by atoms with Crippen LogP contribution in [0.5, 0.6) is 0 Å². The molecule has 0 aromatic carbocycles. The molecule has 0 fully saturated rings. The Morgan fingerprint density at radius 1 is 1.56 bits per heavy atom. The molecule has 0 radical (unpaired) electrons. The zero-order chi connectivity index (χ0) is 12.6. The summed E-state index contributed by atoms with van der Waals surface area (Å²) >= 11 is 1.75. The van der Waals surface area contributed by atoms with E-state index in [0.717, 1.165) is 12.2 Å². The fraction of sp³-hybridized carbons (Fsp3) is 0.909. The highest BCUT2D eigenvalue weighted by atomic mass is 32.2. The molecule has 16 heavy (non-hydrogen) atoms. The van der Waals surface area contributed by atoms with Gasteiger partial charge in [-0.3, -0.25) is 4.79 Å². The molecule has 1 amide bonds. The van der Waals surface area contributed by atoms with Crippen molar-refractivity contribution in [2.75, 3.05) is 32.8 Å². The Morgan fingerprint density at radius 2 is 2.19 bits per heavy atom. The Labute approximate surface area is 103 Å². The lowest BCUT2D eigenvalue weighted by atomic mass is 10.1. The van der Waals surface area contributed by atoms with Gasteiger partial charge in [0, 0.05) is 32.6 Å². The highest BCUT2D eigenvalue weighted by Crippen LogP contribution is 2.10. The first-order valence-corrected chi connectivity index (χ1v) is 6.97. The van der Waals surface area contributed by atoms with Crippen LogP contribution in [0.1, 0.15) is 19.8 Å². The minimum absolute atomic E-state index is 0.0120. The number of nitrogens with zero attached hydrogens (tertiary/aromatic N) is 1. The van der Waals surface area contributed by atoms with E-state index in [4.69, 9.17) is 10.5 Å². The molecule has 0 saturated carbocycles. The Morgan fingerprint density at radius 3 is 2.62 bits per heavy atom. The third kappa shape index (κ3) is 5.18. The maximum absolute atomic E-state index is 12.0. The van der Waals surface area contributed by atoms with Crippen molar-refractivity contribution >= 4 is 17.7 Å². The number of carbonyl (C=O) groups excluding carboxylic acids is 1.